The number of thiophene rings is 1. The summed E-state index contributed by atoms with van der Waals surface area (Å²) in [5.74, 6) is 0. The maximum Gasteiger partial charge on any atom is 0.0758 e. The topological polar surface area (TPSA) is 12.0 Å². The molecule has 4 heteroatoms. The first-order chi connectivity index (χ1) is 6.19. The van der Waals surface area contributed by atoms with Gasteiger partial charge in [0.25, 0.3) is 0 Å². The summed E-state index contributed by atoms with van der Waals surface area (Å²) < 4.78 is 2.33. The van der Waals surface area contributed by atoms with Crippen molar-refractivity contribution in [1.29, 1.82) is 0 Å². The summed E-state index contributed by atoms with van der Waals surface area (Å²) in [6.07, 6.45) is 2.87. The van der Waals surface area contributed by atoms with E-state index in [1.165, 1.54) is 9.35 Å². The van der Waals surface area contributed by atoms with Crippen LogP contribution in [0.2, 0.25) is 0 Å². The molecule has 0 bridgehead atoms. The van der Waals surface area contributed by atoms with Crippen LogP contribution in [0.5, 0.6) is 0 Å². The first kappa shape index (κ1) is 11.4. The molecule has 0 amide bonds. The fourth-order valence-electron chi connectivity index (χ4n) is 1.16. The maximum absolute atomic E-state index is 3.75. The van der Waals surface area contributed by atoms with E-state index in [0.717, 1.165) is 10.2 Å². The van der Waals surface area contributed by atoms with Crippen LogP contribution in [0.4, 0.5) is 0 Å². The van der Waals surface area contributed by atoms with E-state index in [9.17, 15) is 0 Å². The molecule has 13 heavy (non-hydrogen) atoms. The minimum absolute atomic E-state index is 0.356. The van der Waals surface area contributed by atoms with Gasteiger partial charge in [-0.05, 0) is 57.0 Å². The zero-order valence-electron chi connectivity index (χ0n) is 7.31. The molecule has 0 saturated heterocycles. The molecule has 1 unspecified atom stereocenters. The van der Waals surface area contributed by atoms with Crippen LogP contribution in [-0.4, -0.2) is 7.05 Å². The standard InChI is InChI=1S/C9H11Br2NS/c1-3-4-7(12-2)6-5-8(10)13-9(6)11/h3,5,7,12H,1,4H2,2H3. The van der Waals surface area contributed by atoms with Crippen molar-refractivity contribution in [3.8, 4) is 0 Å². The Hall–Kier alpha value is 0.360. The second-order valence-electron chi connectivity index (χ2n) is 2.65. The molecule has 1 aromatic rings. The molecule has 0 radical (unpaired) electrons. The van der Waals surface area contributed by atoms with E-state index in [2.05, 4.69) is 49.8 Å². The number of hydrogen-bond donors (Lipinski definition) is 1. The van der Waals surface area contributed by atoms with Gasteiger partial charge in [-0.25, -0.2) is 0 Å². The molecule has 1 rings (SSSR count). The smallest absolute Gasteiger partial charge is 0.0758 e. The van der Waals surface area contributed by atoms with Gasteiger partial charge in [0.2, 0.25) is 0 Å². The second kappa shape index (κ2) is 5.29. The van der Waals surface area contributed by atoms with E-state index in [0.29, 0.717) is 6.04 Å². The number of rotatable bonds is 4. The summed E-state index contributed by atoms with van der Waals surface area (Å²) in [6.45, 7) is 3.75. The predicted molar refractivity (Wildman–Crippen MR) is 66.3 cm³/mol. The molecular formula is C9H11Br2NS. The van der Waals surface area contributed by atoms with Crippen molar-refractivity contribution in [2.45, 2.75) is 12.5 Å². The molecule has 0 fully saturated rings. The Bertz CT molecular complexity index is 296. The lowest BCUT2D eigenvalue weighted by molar-refractivity contribution is 0.603. The summed E-state index contributed by atoms with van der Waals surface area (Å²) in [6, 6.07) is 2.49. The lowest BCUT2D eigenvalue weighted by Crippen LogP contribution is -2.14. The third-order valence-electron chi connectivity index (χ3n) is 1.81. The van der Waals surface area contributed by atoms with Crippen molar-refractivity contribution in [2.24, 2.45) is 0 Å². The molecule has 72 valence electrons. The number of halogens is 2. The normalized spacial score (nSPS) is 12.8. The van der Waals surface area contributed by atoms with Gasteiger partial charge in [0.1, 0.15) is 0 Å². The third-order valence-corrected chi connectivity index (χ3v) is 4.20. The molecule has 0 aliphatic carbocycles. The average molecular weight is 325 g/mol. The molecule has 1 heterocycles. The van der Waals surface area contributed by atoms with E-state index in [1.807, 2.05) is 13.1 Å². The first-order valence-corrected chi connectivity index (χ1v) is 6.32. The van der Waals surface area contributed by atoms with Crippen LogP contribution in [0.1, 0.15) is 18.0 Å². The predicted octanol–water partition coefficient (Wildman–Crippen LogP) is 4.11. The van der Waals surface area contributed by atoms with Crippen LogP contribution >= 0.6 is 43.2 Å². The summed E-state index contributed by atoms with van der Waals surface area (Å²) in [7, 11) is 1.96. The SMILES string of the molecule is C=CCC(NC)c1cc(Br)sc1Br. The fraction of sp³-hybridized carbons (Fsp3) is 0.333. The molecule has 0 aliphatic heterocycles. The molecular weight excluding hydrogens is 314 g/mol. The van der Waals surface area contributed by atoms with Crippen molar-refractivity contribution < 1.29 is 0 Å². The molecule has 0 saturated carbocycles. The van der Waals surface area contributed by atoms with Gasteiger partial charge in [-0.2, -0.15) is 0 Å². The summed E-state index contributed by atoms with van der Waals surface area (Å²) in [4.78, 5) is 0. The molecule has 0 aromatic carbocycles. The monoisotopic (exact) mass is 323 g/mol. The van der Waals surface area contributed by atoms with Crippen molar-refractivity contribution in [2.75, 3.05) is 7.05 Å². The highest BCUT2D eigenvalue weighted by atomic mass is 79.9. The Balaban J connectivity index is 2.89. The Morgan fingerprint density at radius 2 is 2.38 bits per heavy atom. The Morgan fingerprint density at radius 1 is 1.69 bits per heavy atom. The van der Waals surface area contributed by atoms with Crippen molar-refractivity contribution in [3.05, 3.63) is 31.9 Å². The van der Waals surface area contributed by atoms with Crippen LogP contribution in [0, 0.1) is 0 Å². The maximum atomic E-state index is 3.75. The highest BCUT2D eigenvalue weighted by Gasteiger charge is 2.13. The quantitative estimate of drug-likeness (QED) is 0.822. The molecule has 1 N–H and O–H groups in total. The van der Waals surface area contributed by atoms with Crippen molar-refractivity contribution in [1.82, 2.24) is 5.32 Å². The lowest BCUT2D eigenvalue weighted by Gasteiger charge is -2.12. The third kappa shape index (κ3) is 2.91. The first-order valence-electron chi connectivity index (χ1n) is 3.92. The average Bonchev–Trinajstić information content (AvgIpc) is 2.41. The van der Waals surface area contributed by atoms with Gasteiger partial charge in [0, 0.05) is 6.04 Å². The molecule has 0 spiro atoms. The van der Waals surface area contributed by atoms with E-state index >= 15 is 0 Å². The van der Waals surface area contributed by atoms with Gasteiger partial charge in [-0.15, -0.1) is 17.9 Å². The Morgan fingerprint density at radius 3 is 2.77 bits per heavy atom. The molecule has 1 aromatic heterocycles. The van der Waals surface area contributed by atoms with Gasteiger partial charge in [0.05, 0.1) is 7.57 Å². The van der Waals surface area contributed by atoms with Crippen molar-refractivity contribution >= 4 is 43.2 Å². The molecule has 1 nitrogen and oxygen atoms in total. The number of hydrogen-bond acceptors (Lipinski definition) is 2. The van der Waals surface area contributed by atoms with Gasteiger partial charge in [-0.3, -0.25) is 0 Å². The van der Waals surface area contributed by atoms with Gasteiger partial charge >= 0.3 is 0 Å². The Kier molecular flexibility index (Phi) is 4.66. The zero-order valence-corrected chi connectivity index (χ0v) is 11.3. The van der Waals surface area contributed by atoms with Crippen LogP contribution in [0.25, 0.3) is 0 Å². The van der Waals surface area contributed by atoms with E-state index < -0.39 is 0 Å². The zero-order chi connectivity index (χ0) is 9.84. The minimum Gasteiger partial charge on any atom is -0.313 e. The molecule has 1 atom stereocenters. The van der Waals surface area contributed by atoms with Crippen LogP contribution in [-0.2, 0) is 0 Å². The minimum atomic E-state index is 0.356. The van der Waals surface area contributed by atoms with Crippen molar-refractivity contribution in [3.63, 3.8) is 0 Å². The summed E-state index contributed by atoms with van der Waals surface area (Å²) in [5, 5.41) is 3.26. The van der Waals surface area contributed by atoms with Gasteiger partial charge in [-0.1, -0.05) is 6.08 Å². The van der Waals surface area contributed by atoms with Crippen LogP contribution < -0.4 is 5.32 Å². The number of nitrogens with one attached hydrogen (secondary N) is 1. The summed E-state index contributed by atoms with van der Waals surface area (Å²) >= 11 is 8.71. The van der Waals surface area contributed by atoms with Gasteiger partial charge in [0.15, 0.2) is 0 Å². The van der Waals surface area contributed by atoms with Crippen LogP contribution in [0.15, 0.2) is 26.3 Å². The van der Waals surface area contributed by atoms with E-state index in [4.69, 9.17) is 0 Å². The van der Waals surface area contributed by atoms with Gasteiger partial charge < -0.3 is 5.32 Å². The highest BCUT2D eigenvalue weighted by molar-refractivity contribution is 9.12. The second-order valence-corrected chi connectivity index (χ2v) is 6.39. The fourth-order valence-corrected chi connectivity index (χ4v) is 4.13. The lowest BCUT2D eigenvalue weighted by atomic mass is 10.1. The molecule has 0 aliphatic rings. The Labute approximate surface area is 99.5 Å². The highest BCUT2D eigenvalue weighted by Crippen LogP contribution is 2.36. The van der Waals surface area contributed by atoms with E-state index in [1.54, 1.807) is 11.3 Å². The van der Waals surface area contributed by atoms with Crippen LogP contribution in [0.3, 0.4) is 0 Å². The summed E-state index contributed by atoms with van der Waals surface area (Å²) in [5.41, 5.74) is 1.29. The largest absolute Gasteiger partial charge is 0.313 e. The van der Waals surface area contributed by atoms with E-state index in [-0.39, 0.29) is 0 Å².